The lowest BCUT2D eigenvalue weighted by atomic mass is 9.86. The van der Waals surface area contributed by atoms with Crippen LogP contribution in [0.4, 0.5) is 10.2 Å². The minimum Gasteiger partial charge on any atom is -0.383 e. The zero-order chi connectivity index (χ0) is 16.7. The number of benzene rings is 1. The molecule has 0 aliphatic carbocycles. The molecule has 1 aromatic carbocycles. The first-order valence-corrected chi connectivity index (χ1v) is 7.55. The van der Waals surface area contributed by atoms with E-state index in [1.807, 2.05) is 26.8 Å². The molecule has 118 valence electrons. The molecule has 0 radical (unpaired) electrons. The van der Waals surface area contributed by atoms with Gasteiger partial charge in [-0.25, -0.2) is 14.4 Å². The molecular weight excluding hydrogens is 277 g/mol. The maximum Gasteiger partial charge on any atom is 0.164 e. The highest BCUT2D eigenvalue weighted by Gasteiger charge is 2.19. The van der Waals surface area contributed by atoms with Gasteiger partial charge in [0, 0.05) is 11.3 Å². The number of aryl methyl sites for hydroxylation is 1. The molecule has 0 saturated heterocycles. The summed E-state index contributed by atoms with van der Waals surface area (Å²) in [5, 5.41) is 0. The molecule has 22 heavy (non-hydrogen) atoms. The van der Waals surface area contributed by atoms with Gasteiger partial charge in [-0.05, 0) is 36.0 Å². The highest BCUT2D eigenvalue weighted by molar-refractivity contribution is 5.60. The maximum atomic E-state index is 14.5. The van der Waals surface area contributed by atoms with Gasteiger partial charge in [-0.15, -0.1) is 0 Å². The van der Waals surface area contributed by atoms with Gasteiger partial charge in [0.1, 0.15) is 11.6 Å². The number of rotatable bonds is 2. The fourth-order valence-corrected chi connectivity index (χ4v) is 2.60. The smallest absolute Gasteiger partial charge is 0.164 e. The molecule has 3 nitrogen and oxygen atoms in total. The summed E-state index contributed by atoms with van der Waals surface area (Å²) < 4.78 is 14.5. The van der Waals surface area contributed by atoms with Crippen molar-refractivity contribution >= 4 is 5.82 Å². The summed E-state index contributed by atoms with van der Waals surface area (Å²) in [6.07, 6.45) is 0. The van der Waals surface area contributed by atoms with E-state index in [2.05, 4.69) is 30.7 Å². The Morgan fingerprint density at radius 2 is 1.77 bits per heavy atom. The molecule has 0 spiro atoms. The van der Waals surface area contributed by atoms with E-state index in [0.717, 1.165) is 16.8 Å². The number of hydrogen-bond acceptors (Lipinski definition) is 3. The van der Waals surface area contributed by atoms with E-state index in [-0.39, 0.29) is 17.2 Å². The van der Waals surface area contributed by atoms with Crippen molar-refractivity contribution in [1.29, 1.82) is 0 Å². The zero-order valence-electron chi connectivity index (χ0n) is 14.2. The highest BCUT2D eigenvalue weighted by Crippen LogP contribution is 2.30. The predicted molar refractivity (Wildman–Crippen MR) is 89.4 cm³/mol. The summed E-state index contributed by atoms with van der Waals surface area (Å²) >= 11 is 0. The van der Waals surface area contributed by atoms with Crippen LogP contribution in [0.3, 0.4) is 0 Å². The Labute approximate surface area is 131 Å². The normalized spacial score (nSPS) is 12.0. The Hall–Kier alpha value is -1.97. The summed E-state index contributed by atoms with van der Waals surface area (Å²) in [6.45, 7) is 12.1. The van der Waals surface area contributed by atoms with Gasteiger partial charge >= 0.3 is 0 Å². The zero-order valence-corrected chi connectivity index (χ0v) is 14.2. The largest absolute Gasteiger partial charge is 0.383 e. The SMILES string of the molecule is Cc1nc(-c2ccc(C(C)(C)C)cc2F)nc(N)c1C(C)C. The first kappa shape index (κ1) is 16.4. The summed E-state index contributed by atoms with van der Waals surface area (Å²) in [6, 6.07) is 5.21. The monoisotopic (exact) mass is 301 g/mol. The van der Waals surface area contributed by atoms with Crippen LogP contribution in [0.1, 0.15) is 57.4 Å². The molecule has 0 atom stereocenters. The van der Waals surface area contributed by atoms with E-state index in [1.54, 1.807) is 12.1 Å². The van der Waals surface area contributed by atoms with Gasteiger partial charge in [0.15, 0.2) is 5.82 Å². The van der Waals surface area contributed by atoms with Crippen LogP contribution in [0.25, 0.3) is 11.4 Å². The lowest BCUT2D eigenvalue weighted by molar-refractivity contribution is 0.573. The second-order valence-electron chi connectivity index (χ2n) is 7.03. The van der Waals surface area contributed by atoms with E-state index < -0.39 is 0 Å². The van der Waals surface area contributed by atoms with Gasteiger partial charge < -0.3 is 5.73 Å². The van der Waals surface area contributed by atoms with Crippen molar-refractivity contribution < 1.29 is 4.39 Å². The van der Waals surface area contributed by atoms with Gasteiger partial charge in [-0.1, -0.05) is 40.7 Å². The van der Waals surface area contributed by atoms with Crippen molar-refractivity contribution in [3.05, 3.63) is 40.8 Å². The summed E-state index contributed by atoms with van der Waals surface area (Å²) in [7, 11) is 0. The summed E-state index contributed by atoms with van der Waals surface area (Å²) in [4.78, 5) is 8.75. The molecule has 0 fully saturated rings. The molecule has 2 rings (SSSR count). The third-order valence-electron chi connectivity index (χ3n) is 3.82. The number of nitrogen functional groups attached to an aromatic ring is 1. The molecule has 0 amide bonds. The molecule has 0 unspecified atom stereocenters. The quantitative estimate of drug-likeness (QED) is 0.882. The van der Waals surface area contributed by atoms with Crippen LogP contribution < -0.4 is 5.73 Å². The van der Waals surface area contributed by atoms with Crippen molar-refractivity contribution in [3.8, 4) is 11.4 Å². The van der Waals surface area contributed by atoms with Gasteiger partial charge in [-0.3, -0.25) is 0 Å². The van der Waals surface area contributed by atoms with E-state index in [0.29, 0.717) is 17.2 Å². The predicted octanol–water partition coefficient (Wildman–Crippen LogP) is 4.59. The van der Waals surface area contributed by atoms with Gasteiger partial charge in [-0.2, -0.15) is 0 Å². The molecule has 2 N–H and O–H groups in total. The second-order valence-corrected chi connectivity index (χ2v) is 7.03. The van der Waals surface area contributed by atoms with Crippen LogP contribution in [0, 0.1) is 12.7 Å². The molecular formula is C18H24FN3. The van der Waals surface area contributed by atoms with Crippen molar-refractivity contribution in [1.82, 2.24) is 9.97 Å². The third-order valence-corrected chi connectivity index (χ3v) is 3.82. The fourth-order valence-electron chi connectivity index (χ4n) is 2.60. The van der Waals surface area contributed by atoms with Gasteiger partial charge in [0.25, 0.3) is 0 Å². The highest BCUT2D eigenvalue weighted by atomic mass is 19.1. The molecule has 0 saturated carbocycles. The number of halogens is 1. The molecule has 0 aliphatic rings. The van der Waals surface area contributed by atoms with Crippen LogP contribution in [-0.2, 0) is 5.41 Å². The van der Waals surface area contributed by atoms with Crippen LogP contribution in [-0.4, -0.2) is 9.97 Å². The standard InChI is InChI=1S/C18H24FN3/c1-10(2)15-11(3)21-17(22-16(15)20)13-8-7-12(9-14(13)19)18(4,5)6/h7-10H,1-6H3,(H2,20,21,22). The number of nitrogens with zero attached hydrogens (tertiary/aromatic N) is 2. The Balaban J connectivity index is 2.54. The third kappa shape index (κ3) is 3.11. The Bertz CT molecular complexity index is 677. The molecule has 1 aromatic heterocycles. The van der Waals surface area contributed by atoms with E-state index in [4.69, 9.17) is 5.73 Å². The van der Waals surface area contributed by atoms with Crippen LogP contribution >= 0.6 is 0 Å². The molecule has 0 bridgehead atoms. The first-order chi connectivity index (χ1) is 10.1. The van der Waals surface area contributed by atoms with Crippen molar-refractivity contribution in [2.45, 2.75) is 52.9 Å². The number of nitrogens with two attached hydrogens (primary N) is 1. The minimum atomic E-state index is -0.316. The lowest BCUT2D eigenvalue weighted by Gasteiger charge is -2.20. The maximum absolute atomic E-state index is 14.5. The van der Waals surface area contributed by atoms with Gasteiger partial charge in [0.05, 0.1) is 5.56 Å². The summed E-state index contributed by atoms with van der Waals surface area (Å²) in [5.41, 5.74) is 8.99. The van der Waals surface area contributed by atoms with Crippen molar-refractivity contribution in [2.24, 2.45) is 0 Å². The minimum absolute atomic E-state index is 0.101. The molecule has 1 heterocycles. The fraction of sp³-hybridized carbons (Fsp3) is 0.444. The number of anilines is 1. The molecule has 4 heteroatoms. The van der Waals surface area contributed by atoms with Crippen molar-refractivity contribution in [2.75, 3.05) is 5.73 Å². The number of aromatic nitrogens is 2. The van der Waals surface area contributed by atoms with Crippen LogP contribution in [0.15, 0.2) is 18.2 Å². The average molecular weight is 301 g/mol. The summed E-state index contributed by atoms with van der Waals surface area (Å²) in [5.74, 6) is 0.694. The topological polar surface area (TPSA) is 51.8 Å². The molecule has 2 aromatic rings. The first-order valence-electron chi connectivity index (χ1n) is 7.55. The van der Waals surface area contributed by atoms with Crippen LogP contribution in [0.5, 0.6) is 0 Å². The Morgan fingerprint density at radius 3 is 2.23 bits per heavy atom. The van der Waals surface area contributed by atoms with E-state index >= 15 is 0 Å². The van der Waals surface area contributed by atoms with Crippen LogP contribution in [0.2, 0.25) is 0 Å². The second kappa shape index (κ2) is 5.67. The number of hydrogen-bond donors (Lipinski definition) is 1. The average Bonchev–Trinajstić information content (AvgIpc) is 2.35. The Morgan fingerprint density at radius 1 is 1.14 bits per heavy atom. The van der Waals surface area contributed by atoms with E-state index in [1.165, 1.54) is 0 Å². The lowest BCUT2D eigenvalue weighted by Crippen LogP contribution is -2.12. The Kier molecular flexibility index (Phi) is 4.23. The van der Waals surface area contributed by atoms with E-state index in [9.17, 15) is 4.39 Å². The molecule has 0 aliphatic heterocycles. The van der Waals surface area contributed by atoms with Crippen molar-refractivity contribution in [3.63, 3.8) is 0 Å². The van der Waals surface area contributed by atoms with Gasteiger partial charge in [0.2, 0.25) is 0 Å².